The average Bonchev–Trinajstić information content (AvgIpc) is 2.49. The van der Waals surface area contributed by atoms with Gasteiger partial charge in [0.25, 0.3) is 0 Å². The number of aryl methyl sites for hydroxylation is 1. The van der Waals surface area contributed by atoms with Crippen LogP contribution in [0, 0.1) is 3.57 Å². The first-order valence-corrected chi connectivity index (χ1v) is 7.59. The van der Waals surface area contributed by atoms with E-state index in [0.717, 1.165) is 33.7 Å². The van der Waals surface area contributed by atoms with E-state index in [1.807, 2.05) is 25.1 Å². The van der Waals surface area contributed by atoms with E-state index in [1.165, 1.54) is 0 Å². The van der Waals surface area contributed by atoms with Gasteiger partial charge in [0.2, 0.25) is 5.88 Å². The summed E-state index contributed by atoms with van der Waals surface area (Å²) >= 11 is 2.28. The summed E-state index contributed by atoms with van der Waals surface area (Å²) in [4.78, 5) is 13.6. The highest BCUT2D eigenvalue weighted by molar-refractivity contribution is 14.1. The third-order valence-corrected chi connectivity index (χ3v) is 3.89. The number of aromatic nitrogens is 3. The lowest BCUT2D eigenvalue weighted by molar-refractivity contribution is 0.398. The number of nitrogens with one attached hydrogen (secondary N) is 1. The molecular weight excluding hydrogens is 367 g/mol. The van der Waals surface area contributed by atoms with E-state index in [0.29, 0.717) is 11.7 Å². The predicted molar refractivity (Wildman–Crippen MR) is 88.1 cm³/mol. The van der Waals surface area contributed by atoms with Crippen molar-refractivity contribution in [1.82, 2.24) is 15.0 Å². The van der Waals surface area contributed by atoms with E-state index >= 15 is 0 Å². The van der Waals surface area contributed by atoms with Crippen LogP contribution in [0.1, 0.15) is 19.5 Å². The number of anilines is 1. The molecule has 0 aliphatic carbocycles. The Bertz CT molecular complexity index is 604. The van der Waals surface area contributed by atoms with Gasteiger partial charge in [0.05, 0.1) is 16.4 Å². The third-order valence-electron chi connectivity index (χ3n) is 2.76. The molecule has 0 aliphatic rings. The fourth-order valence-electron chi connectivity index (χ4n) is 1.78. The summed E-state index contributed by atoms with van der Waals surface area (Å²) in [5.74, 6) is 2.05. The summed E-state index contributed by atoms with van der Waals surface area (Å²) in [6.07, 6.45) is 0.857. The van der Waals surface area contributed by atoms with Gasteiger partial charge in [-0.05, 0) is 42.0 Å². The number of nitrogens with zero attached hydrogens (tertiary/aromatic N) is 3. The normalized spacial score (nSPS) is 10.4. The van der Waals surface area contributed by atoms with Crippen molar-refractivity contribution in [2.45, 2.75) is 20.3 Å². The minimum Gasteiger partial charge on any atom is -0.481 e. The maximum Gasteiger partial charge on any atom is 0.213 e. The second-order valence-corrected chi connectivity index (χ2v) is 5.18. The number of halogens is 1. The zero-order valence-corrected chi connectivity index (χ0v) is 13.9. The topological polar surface area (TPSA) is 59.9 Å². The first kappa shape index (κ1) is 15.0. The van der Waals surface area contributed by atoms with Crippen LogP contribution in [-0.4, -0.2) is 28.6 Å². The molecular formula is C14H17IN4O. The van der Waals surface area contributed by atoms with Gasteiger partial charge in [-0.1, -0.05) is 13.0 Å². The monoisotopic (exact) mass is 384 g/mol. The standard InChI is InChI=1S/C14H17IN4O/c1-4-9-12(15)14(16-5-2)19-13(18-9)10-7-6-8-11(17-10)20-3/h6-8H,4-5H2,1-3H3,(H,16,18,19). The van der Waals surface area contributed by atoms with E-state index in [-0.39, 0.29) is 0 Å². The Morgan fingerprint density at radius 3 is 2.65 bits per heavy atom. The fourth-order valence-corrected chi connectivity index (χ4v) is 2.59. The van der Waals surface area contributed by atoms with Gasteiger partial charge < -0.3 is 10.1 Å². The van der Waals surface area contributed by atoms with Gasteiger partial charge in [0.15, 0.2) is 5.82 Å². The highest BCUT2D eigenvalue weighted by atomic mass is 127. The summed E-state index contributed by atoms with van der Waals surface area (Å²) < 4.78 is 6.22. The maximum absolute atomic E-state index is 5.15. The van der Waals surface area contributed by atoms with Crippen molar-refractivity contribution < 1.29 is 4.74 Å². The smallest absolute Gasteiger partial charge is 0.213 e. The molecule has 2 rings (SSSR count). The van der Waals surface area contributed by atoms with E-state index in [1.54, 1.807) is 7.11 Å². The number of pyridine rings is 1. The quantitative estimate of drug-likeness (QED) is 0.803. The fraction of sp³-hybridized carbons (Fsp3) is 0.357. The molecule has 0 atom stereocenters. The Kier molecular flexibility index (Phi) is 5.11. The van der Waals surface area contributed by atoms with E-state index < -0.39 is 0 Å². The Labute approximate surface area is 132 Å². The lowest BCUT2D eigenvalue weighted by Crippen LogP contribution is -2.08. The summed E-state index contributed by atoms with van der Waals surface area (Å²) in [6.45, 7) is 4.96. The van der Waals surface area contributed by atoms with Crippen molar-refractivity contribution in [2.24, 2.45) is 0 Å². The van der Waals surface area contributed by atoms with Crippen molar-refractivity contribution in [2.75, 3.05) is 19.0 Å². The maximum atomic E-state index is 5.15. The minimum atomic E-state index is 0.563. The Morgan fingerprint density at radius 2 is 2.00 bits per heavy atom. The van der Waals surface area contributed by atoms with Gasteiger partial charge in [-0.25, -0.2) is 15.0 Å². The Hall–Kier alpha value is -1.44. The molecule has 0 saturated heterocycles. The van der Waals surface area contributed by atoms with Gasteiger partial charge in [0, 0.05) is 12.6 Å². The first-order valence-electron chi connectivity index (χ1n) is 6.51. The van der Waals surface area contributed by atoms with Crippen LogP contribution >= 0.6 is 22.6 Å². The molecule has 0 aliphatic heterocycles. The molecule has 0 saturated carbocycles. The number of hydrogen-bond donors (Lipinski definition) is 1. The molecule has 0 unspecified atom stereocenters. The van der Waals surface area contributed by atoms with Gasteiger partial charge in [-0.3, -0.25) is 0 Å². The number of methoxy groups -OCH3 is 1. The largest absolute Gasteiger partial charge is 0.481 e. The second-order valence-electron chi connectivity index (χ2n) is 4.11. The third kappa shape index (κ3) is 3.17. The molecule has 2 heterocycles. The summed E-state index contributed by atoms with van der Waals surface area (Å²) in [6, 6.07) is 5.59. The second kappa shape index (κ2) is 6.83. The van der Waals surface area contributed by atoms with Crippen molar-refractivity contribution in [3.05, 3.63) is 27.5 Å². The van der Waals surface area contributed by atoms with E-state index in [2.05, 4.69) is 49.8 Å². The average molecular weight is 384 g/mol. The van der Waals surface area contributed by atoms with Crippen LogP contribution in [-0.2, 0) is 6.42 Å². The molecule has 0 spiro atoms. The van der Waals surface area contributed by atoms with Crippen LogP contribution in [0.15, 0.2) is 18.2 Å². The predicted octanol–water partition coefficient (Wildman–Crippen LogP) is 3.15. The van der Waals surface area contributed by atoms with Gasteiger partial charge in [-0.15, -0.1) is 0 Å². The van der Waals surface area contributed by atoms with Crippen molar-refractivity contribution in [3.8, 4) is 17.4 Å². The lowest BCUT2D eigenvalue weighted by atomic mass is 10.2. The molecule has 6 heteroatoms. The van der Waals surface area contributed by atoms with E-state index in [9.17, 15) is 0 Å². The number of ether oxygens (including phenoxy) is 1. The van der Waals surface area contributed by atoms with Crippen molar-refractivity contribution >= 4 is 28.4 Å². The molecule has 0 amide bonds. The molecule has 0 radical (unpaired) electrons. The molecule has 106 valence electrons. The molecule has 0 aromatic carbocycles. The minimum absolute atomic E-state index is 0.563. The van der Waals surface area contributed by atoms with E-state index in [4.69, 9.17) is 4.74 Å². The molecule has 1 N–H and O–H groups in total. The molecule has 20 heavy (non-hydrogen) atoms. The van der Waals surface area contributed by atoms with Crippen LogP contribution in [0.3, 0.4) is 0 Å². The summed E-state index contributed by atoms with van der Waals surface area (Å²) in [5, 5.41) is 3.27. The van der Waals surface area contributed by atoms with Gasteiger partial charge in [0.1, 0.15) is 11.5 Å². The number of rotatable bonds is 5. The van der Waals surface area contributed by atoms with Crippen LogP contribution < -0.4 is 10.1 Å². The van der Waals surface area contributed by atoms with Gasteiger partial charge >= 0.3 is 0 Å². The summed E-state index contributed by atoms with van der Waals surface area (Å²) in [7, 11) is 1.60. The highest BCUT2D eigenvalue weighted by Crippen LogP contribution is 2.24. The van der Waals surface area contributed by atoms with Crippen LogP contribution in [0.5, 0.6) is 5.88 Å². The molecule has 5 nitrogen and oxygen atoms in total. The van der Waals surface area contributed by atoms with Crippen LogP contribution in [0.2, 0.25) is 0 Å². The lowest BCUT2D eigenvalue weighted by Gasteiger charge is -2.11. The van der Waals surface area contributed by atoms with Crippen LogP contribution in [0.25, 0.3) is 11.5 Å². The van der Waals surface area contributed by atoms with Crippen molar-refractivity contribution in [3.63, 3.8) is 0 Å². The zero-order valence-electron chi connectivity index (χ0n) is 11.8. The van der Waals surface area contributed by atoms with Crippen molar-refractivity contribution in [1.29, 1.82) is 0 Å². The molecule has 2 aromatic rings. The van der Waals surface area contributed by atoms with Crippen LogP contribution in [0.4, 0.5) is 5.82 Å². The SMILES string of the molecule is CCNc1nc(-c2cccc(OC)n2)nc(CC)c1I. The molecule has 0 bridgehead atoms. The number of hydrogen-bond acceptors (Lipinski definition) is 5. The first-order chi connectivity index (χ1) is 9.69. The molecule has 0 fully saturated rings. The summed E-state index contributed by atoms with van der Waals surface area (Å²) in [5.41, 5.74) is 1.74. The Balaban J connectivity index is 2.52. The molecule has 2 aromatic heterocycles. The Morgan fingerprint density at radius 1 is 1.20 bits per heavy atom. The zero-order chi connectivity index (χ0) is 14.5. The highest BCUT2D eigenvalue weighted by Gasteiger charge is 2.13. The van der Waals surface area contributed by atoms with Gasteiger partial charge in [-0.2, -0.15) is 0 Å².